The third-order valence-electron chi connectivity index (χ3n) is 4.54. The highest BCUT2D eigenvalue weighted by atomic mass is 32.2. The molecule has 0 aliphatic carbocycles. The molecular weight excluding hydrogens is 286 g/mol. The Hall–Kier alpha value is -1.01. The monoisotopic (exact) mass is 302 g/mol. The largest absolute Gasteiger partial charge is 0.385 e. The molecule has 1 aromatic rings. The molecule has 2 fully saturated rings. The fourth-order valence-electron chi connectivity index (χ4n) is 3.52. The number of halogens is 2. The van der Waals surface area contributed by atoms with Crippen molar-refractivity contribution in [3.05, 3.63) is 35.4 Å². The maximum atomic E-state index is 13.9. The summed E-state index contributed by atoms with van der Waals surface area (Å²) in [4.78, 5) is 0. The molecule has 110 valence electrons. The molecule has 2 bridgehead atoms. The van der Waals surface area contributed by atoms with Crippen molar-refractivity contribution in [2.45, 2.75) is 48.2 Å². The standard InChI is InChI=1S/C14H16F2O3S/c15-9-4-5-13(16)12(6-9)14(17)7-10-2-1-3-11(8-14)20(10,18)19/h4-6,10-11,17H,1-3,7-8H2. The fourth-order valence-corrected chi connectivity index (χ4v) is 6.07. The fraction of sp³-hybridized carbons (Fsp3) is 0.571. The normalized spacial score (nSPS) is 35.8. The van der Waals surface area contributed by atoms with Crippen molar-refractivity contribution >= 4 is 9.84 Å². The zero-order valence-electron chi connectivity index (χ0n) is 10.9. The number of hydrogen-bond acceptors (Lipinski definition) is 3. The summed E-state index contributed by atoms with van der Waals surface area (Å²) in [5, 5.41) is 9.41. The van der Waals surface area contributed by atoms with Crippen LogP contribution in [0, 0.1) is 11.6 Å². The van der Waals surface area contributed by atoms with Crippen LogP contribution in [0.1, 0.15) is 37.7 Å². The van der Waals surface area contributed by atoms with Crippen molar-refractivity contribution in [2.75, 3.05) is 0 Å². The lowest BCUT2D eigenvalue weighted by Gasteiger charge is -2.44. The Balaban J connectivity index is 2.04. The van der Waals surface area contributed by atoms with Crippen molar-refractivity contribution in [1.29, 1.82) is 0 Å². The van der Waals surface area contributed by atoms with Crippen LogP contribution in [0.3, 0.4) is 0 Å². The van der Waals surface area contributed by atoms with Gasteiger partial charge in [0.15, 0.2) is 9.84 Å². The molecule has 6 heteroatoms. The second-order valence-electron chi connectivity index (χ2n) is 5.83. The average Bonchev–Trinajstić information content (AvgIpc) is 2.34. The van der Waals surface area contributed by atoms with Crippen LogP contribution >= 0.6 is 0 Å². The summed E-state index contributed by atoms with van der Waals surface area (Å²) in [6, 6.07) is 2.94. The molecule has 0 spiro atoms. The Bertz CT molecular complexity index is 622. The molecule has 0 amide bonds. The van der Waals surface area contributed by atoms with Crippen LogP contribution in [-0.4, -0.2) is 24.0 Å². The maximum absolute atomic E-state index is 13.9. The quantitative estimate of drug-likeness (QED) is 0.866. The Labute approximate surface area is 116 Å². The summed E-state index contributed by atoms with van der Waals surface area (Å²) in [5.41, 5.74) is -1.71. The van der Waals surface area contributed by atoms with E-state index in [0.717, 1.165) is 24.6 Å². The summed E-state index contributed by atoms with van der Waals surface area (Å²) in [7, 11) is -3.24. The van der Waals surface area contributed by atoms with Gasteiger partial charge in [0.1, 0.15) is 11.6 Å². The number of aliphatic hydroxyl groups is 1. The van der Waals surface area contributed by atoms with E-state index in [-0.39, 0.29) is 18.4 Å². The third kappa shape index (κ3) is 2.05. The van der Waals surface area contributed by atoms with Crippen molar-refractivity contribution in [2.24, 2.45) is 0 Å². The molecule has 0 saturated carbocycles. The Morgan fingerprint density at radius 1 is 1.15 bits per heavy atom. The molecule has 2 atom stereocenters. The van der Waals surface area contributed by atoms with Gasteiger partial charge in [-0.15, -0.1) is 0 Å². The van der Waals surface area contributed by atoms with Crippen LogP contribution in [0.15, 0.2) is 18.2 Å². The summed E-state index contributed by atoms with van der Waals surface area (Å²) in [5.74, 6) is -1.32. The minimum absolute atomic E-state index is 0.0494. The molecule has 2 unspecified atom stereocenters. The van der Waals surface area contributed by atoms with Crippen molar-refractivity contribution < 1.29 is 22.3 Å². The molecule has 20 heavy (non-hydrogen) atoms. The van der Waals surface area contributed by atoms with Gasteiger partial charge in [-0.1, -0.05) is 6.42 Å². The SMILES string of the molecule is O=S1(=O)C2CCCC1CC(O)(c1cc(F)ccc1F)C2. The van der Waals surface area contributed by atoms with E-state index >= 15 is 0 Å². The van der Waals surface area contributed by atoms with Crippen LogP contribution in [-0.2, 0) is 15.4 Å². The Morgan fingerprint density at radius 3 is 2.35 bits per heavy atom. The molecule has 1 N–H and O–H groups in total. The molecule has 0 radical (unpaired) electrons. The average molecular weight is 302 g/mol. The van der Waals surface area contributed by atoms with Crippen molar-refractivity contribution in [1.82, 2.24) is 0 Å². The summed E-state index contributed by atoms with van der Waals surface area (Å²) in [6.45, 7) is 0. The van der Waals surface area contributed by atoms with E-state index in [2.05, 4.69) is 0 Å². The first-order valence-corrected chi connectivity index (χ1v) is 8.34. The minimum Gasteiger partial charge on any atom is -0.385 e. The maximum Gasteiger partial charge on any atom is 0.156 e. The van der Waals surface area contributed by atoms with Crippen molar-refractivity contribution in [3.63, 3.8) is 0 Å². The highest BCUT2D eigenvalue weighted by molar-refractivity contribution is 7.92. The van der Waals surface area contributed by atoms with E-state index in [4.69, 9.17) is 0 Å². The van der Waals surface area contributed by atoms with Gasteiger partial charge >= 0.3 is 0 Å². The number of rotatable bonds is 1. The minimum atomic E-state index is -3.24. The number of hydrogen-bond donors (Lipinski definition) is 1. The Morgan fingerprint density at radius 2 is 1.75 bits per heavy atom. The van der Waals surface area contributed by atoms with E-state index < -0.39 is 37.6 Å². The molecule has 0 aromatic heterocycles. The van der Waals surface area contributed by atoms with Crippen LogP contribution in [0.2, 0.25) is 0 Å². The number of sulfone groups is 1. The van der Waals surface area contributed by atoms with Crippen LogP contribution in [0.4, 0.5) is 8.78 Å². The first-order chi connectivity index (χ1) is 9.33. The van der Waals surface area contributed by atoms with Crippen molar-refractivity contribution in [3.8, 4) is 0 Å². The highest BCUT2D eigenvalue weighted by Crippen LogP contribution is 2.46. The first-order valence-electron chi connectivity index (χ1n) is 6.73. The van der Waals surface area contributed by atoms with Gasteiger partial charge in [-0.3, -0.25) is 0 Å². The second-order valence-corrected chi connectivity index (χ2v) is 8.34. The number of fused-ring (bicyclic) bond motifs is 2. The molecule has 3 rings (SSSR count). The molecule has 2 heterocycles. The van der Waals surface area contributed by atoms with E-state index in [9.17, 15) is 22.3 Å². The van der Waals surface area contributed by atoms with Gasteiger partial charge in [0.25, 0.3) is 0 Å². The zero-order chi connectivity index (χ0) is 14.5. The van der Waals surface area contributed by atoms with Crippen LogP contribution < -0.4 is 0 Å². The molecule has 2 aliphatic rings. The van der Waals surface area contributed by atoms with Crippen LogP contribution in [0.25, 0.3) is 0 Å². The van der Waals surface area contributed by atoms with Gasteiger partial charge in [-0.2, -0.15) is 0 Å². The van der Waals surface area contributed by atoms with E-state index in [0.29, 0.717) is 12.8 Å². The van der Waals surface area contributed by atoms with Gasteiger partial charge in [0, 0.05) is 5.56 Å². The van der Waals surface area contributed by atoms with Gasteiger partial charge in [-0.05, 0) is 43.9 Å². The van der Waals surface area contributed by atoms with Gasteiger partial charge in [-0.25, -0.2) is 17.2 Å². The summed E-state index contributed by atoms with van der Waals surface area (Å²) < 4.78 is 51.6. The Kier molecular flexibility index (Phi) is 3.14. The molecule has 2 aliphatic heterocycles. The zero-order valence-corrected chi connectivity index (χ0v) is 11.7. The molecular formula is C14H16F2O3S. The first kappa shape index (κ1) is 13.9. The predicted molar refractivity (Wildman–Crippen MR) is 69.8 cm³/mol. The highest BCUT2D eigenvalue weighted by Gasteiger charge is 2.51. The third-order valence-corrected chi connectivity index (χ3v) is 7.21. The molecule has 2 saturated heterocycles. The van der Waals surface area contributed by atoms with E-state index in [1.165, 1.54) is 0 Å². The summed E-state index contributed by atoms with van der Waals surface area (Å²) >= 11 is 0. The van der Waals surface area contributed by atoms with E-state index in [1.54, 1.807) is 0 Å². The van der Waals surface area contributed by atoms with E-state index in [1.807, 2.05) is 0 Å². The lowest BCUT2D eigenvalue weighted by Crippen LogP contribution is -2.50. The molecule has 3 nitrogen and oxygen atoms in total. The number of benzene rings is 1. The topological polar surface area (TPSA) is 54.4 Å². The van der Waals surface area contributed by atoms with Gasteiger partial charge in [0.05, 0.1) is 16.1 Å². The molecule has 1 aromatic carbocycles. The predicted octanol–water partition coefficient (Wildman–Crippen LogP) is 2.28. The lowest BCUT2D eigenvalue weighted by atomic mass is 9.80. The lowest BCUT2D eigenvalue weighted by molar-refractivity contribution is 0.00157. The van der Waals surface area contributed by atoms with Gasteiger partial charge < -0.3 is 5.11 Å². The smallest absolute Gasteiger partial charge is 0.156 e. The second kappa shape index (κ2) is 4.49. The summed E-state index contributed by atoms with van der Waals surface area (Å²) in [6.07, 6.45) is 1.67. The van der Waals surface area contributed by atoms with Crippen LogP contribution in [0.5, 0.6) is 0 Å². The van der Waals surface area contributed by atoms with Gasteiger partial charge in [0.2, 0.25) is 0 Å².